The van der Waals surface area contributed by atoms with Gasteiger partial charge in [0, 0.05) is 89.9 Å². The van der Waals surface area contributed by atoms with Gasteiger partial charge in [-0.15, -0.1) is 0 Å². The molecular weight excluding hydrogens is 404 g/mol. The van der Waals surface area contributed by atoms with Gasteiger partial charge in [0.1, 0.15) is 0 Å². The molecule has 0 atom stereocenters. The van der Waals surface area contributed by atoms with E-state index in [2.05, 4.69) is 76.6 Å². The largest absolute Gasteiger partial charge is 0.346 e. The van der Waals surface area contributed by atoms with Gasteiger partial charge in [-0.3, -0.25) is 21.3 Å². The summed E-state index contributed by atoms with van der Waals surface area (Å²) in [6.07, 6.45) is 0. The Bertz CT molecular complexity index is 527. The molecule has 32 heavy (non-hydrogen) atoms. The molecule has 0 amide bonds. The van der Waals surface area contributed by atoms with Gasteiger partial charge in [-0.1, -0.05) is 6.07 Å². The third kappa shape index (κ3) is 9.97. The minimum Gasteiger partial charge on any atom is -0.346 e. The second-order valence-corrected chi connectivity index (χ2v) is 8.23. The van der Waals surface area contributed by atoms with Crippen LogP contribution < -0.4 is 52.3 Å². The molecule has 0 saturated carbocycles. The van der Waals surface area contributed by atoms with E-state index in [-0.39, 0.29) is 0 Å². The van der Waals surface area contributed by atoms with E-state index in [1.807, 2.05) is 0 Å². The molecular formula is C22H44N10. The Labute approximate surface area is 193 Å². The lowest BCUT2D eigenvalue weighted by Crippen LogP contribution is -2.44. The van der Waals surface area contributed by atoms with Crippen molar-refractivity contribution in [3.8, 4) is 0 Å². The smallest absolute Gasteiger partial charge is 0.0695 e. The van der Waals surface area contributed by atoms with E-state index in [4.69, 9.17) is 0 Å². The van der Waals surface area contributed by atoms with Crippen molar-refractivity contribution < 1.29 is 0 Å². The summed E-state index contributed by atoms with van der Waals surface area (Å²) in [5.41, 5.74) is 2.45. The number of hydrogen-bond donors (Lipinski definition) is 8. The highest BCUT2D eigenvalue weighted by molar-refractivity contribution is 5.59. The molecule has 1 aromatic rings. The summed E-state index contributed by atoms with van der Waals surface area (Å²) in [6.45, 7) is 15.1. The predicted molar refractivity (Wildman–Crippen MR) is 134 cm³/mol. The Balaban J connectivity index is 1.62. The fraction of sp³-hybridized carbons (Fsp3) is 0.727. The van der Waals surface area contributed by atoms with Gasteiger partial charge in [0.15, 0.2) is 0 Å². The van der Waals surface area contributed by atoms with Gasteiger partial charge in [0.2, 0.25) is 0 Å². The number of rotatable bonds is 2. The van der Waals surface area contributed by atoms with Crippen LogP contribution in [0.3, 0.4) is 0 Å². The molecule has 2 saturated heterocycles. The molecule has 0 radical (unpaired) electrons. The quantitative estimate of drug-likeness (QED) is 0.256. The van der Waals surface area contributed by atoms with E-state index >= 15 is 0 Å². The van der Waals surface area contributed by atoms with Crippen LogP contribution in [-0.2, 0) is 0 Å². The van der Waals surface area contributed by atoms with Crippen LogP contribution in [0.4, 0.5) is 11.4 Å². The first-order valence-electron chi connectivity index (χ1n) is 12.2. The molecule has 0 unspecified atom stereocenters. The summed E-state index contributed by atoms with van der Waals surface area (Å²) >= 11 is 0. The molecule has 3 rings (SSSR count). The SMILES string of the molecule is c1cc(N2CNCCNCCNCCNC2)cc(N2CNCCNCCNCCNC2)c1. The summed E-state index contributed by atoms with van der Waals surface area (Å²) in [5, 5.41) is 28.2. The maximum absolute atomic E-state index is 3.57. The Morgan fingerprint density at radius 3 is 1.00 bits per heavy atom. The van der Waals surface area contributed by atoms with E-state index in [0.717, 1.165) is 105 Å². The topological polar surface area (TPSA) is 103 Å². The average molecular weight is 449 g/mol. The zero-order valence-corrected chi connectivity index (χ0v) is 19.5. The first kappa shape index (κ1) is 25.1. The van der Waals surface area contributed by atoms with E-state index in [9.17, 15) is 0 Å². The molecule has 1 aromatic carbocycles. The van der Waals surface area contributed by atoms with Crippen LogP contribution in [0.5, 0.6) is 0 Å². The molecule has 0 aliphatic carbocycles. The number of anilines is 2. The first-order valence-corrected chi connectivity index (χ1v) is 12.2. The lowest BCUT2D eigenvalue weighted by molar-refractivity contribution is 0.581. The summed E-state index contributed by atoms with van der Waals surface area (Å²) < 4.78 is 0. The van der Waals surface area contributed by atoms with Crippen LogP contribution in [0.2, 0.25) is 0 Å². The standard InChI is InChI=1S/C22H44N10/c1-2-21(31-17-27-12-8-23-4-5-24-9-13-28-18-31)16-22(3-1)32-19-29-14-10-25-6-7-26-11-15-30-20-32/h1-3,16,23-30H,4-15,17-20H2. The Morgan fingerprint density at radius 2 is 0.688 bits per heavy atom. The first-order chi connectivity index (χ1) is 15.9. The molecule has 10 nitrogen and oxygen atoms in total. The van der Waals surface area contributed by atoms with Crippen molar-refractivity contribution in [3.05, 3.63) is 24.3 Å². The number of benzene rings is 1. The molecule has 0 aromatic heterocycles. The van der Waals surface area contributed by atoms with Crippen LogP contribution in [0, 0.1) is 0 Å². The zero-order chi connectivity index (χ0) is 22.1. The van der Waals surface area contributed by atoms with Crippen LogP contribution in [0.1, 0.15) is 0 Å². The molecule has 0 bridgehead atoms. The van der Waals surface area contributed by atoms with Crippen LogP contribution in [-0.4, -0.2) is 105 Å². The van der Waals surface area contributed by atoms with Crippen molar-refractivity contribution >= 4 is 11.4 Å². The molecule has 10 heteroatoms. The molecule has 2 fully saturated rings. The van der Waals surface area contributed by atoms with Crippen LogP contribution in [0.25, 0.3) is 0 Å². The molecule has 2 aliphatic heterocycles. The number of hydrogen-bond acceptors (Lipinski definition) is 10. The van der Waals surface area contributed by atoms with Crippen LogP contribution in [0.15, 0.2) is 24.3 Å². The van der Waals surface area contributed by atoms with Gasteiger partial charge >= 0.3 is 0 Å². The van der Waals surface area contributed by atoms with E-state index in [0.29, 0.717) is 0 Å². The van der Waals surface area contributed by atoms with Crippen molar-refractivity contribution in [2.45, 2.75) is 0 Å². The maximum Gasteiger partial charge on any atom is 0.0695 e. The fourth-order valence-electron chi connectivity index (χ4n) is 3.78. The van der Waals surface area contributed by atoms with Gasteiger partial charge in [0.05, 0.1) is 26.7 Å². The maximum atomic E-state index is 3.57. The average Bonchev–Trinajstić information content (AvgIpc) is 2.87. The normalized spacial score (nSPS) is 22.4. The van der Waals surface area contributed by atoms with Crippen LogP contribution >= 0.6 is 0 Å². The number of nitrogens with zero attached hydrogens (tertiary/aromatic N) is 2. The summed E-state index contributed by atoms with van der Waals surface area (Å²) in [7, 11) is 0. The summed E-state index contributed by atoms with van der Waals surface area (Å²) in [4.78, 5) is 4.74. The van der Waals surface area contributed by atoms with Gasteiger partial charge in [-0.05, 0) is 18.2 Å². The Hall–Kier alpha value is -1.50. The van der Waals surface area contributed by atoms with Gasteiger partial charge < -0.3 is 31.1 Å². The van der Waals surface area contributed by atoms with Gasteiger partial charge in [-0.25, -0.2) is 0 Å². The highest BCUT2D eigenvalue weighted by Gasteiger charge is 2.11. The second kappa shape index (κ2) is 16.2. The molecule has 2 heterocycles. The minimum absolute atomic E-state index is 0.819. The highest BCUT2D eigenvalue weighted by Crippen LogP contribution is 2.21. The summed E-state index contributed by atoms with van der Waals surface area (Å²) in [6, 6.07) is 8.88. The van der Waals surface area contributed by atoms with Crippen molar-refractivity contribution in [2.75, 3.05) is 115 Å². The molecule has 2 aliphatic rings. The lowest BCUT2D eigenvalue weighted by atomic mass is 10.2. The third-order valence-corrected chi connectivity index (χ3v) is 5.64. The zero-order valence-electron chi connectivity index (χ0n) is 19.5. The van der Waals surface area contributed by atoms with E-state index < -0.39 is 0 Å². The minimum atomic E-state index is 0.819. The highest BCUT2D eigenvalue weighted by atomic mass is 15.3. The molecule has 0 spiro atoms. The van der Waals surface area contributed by atoms with Gasteiger partial charge in [-0.2, -0.15) is 0 Å². The van der Waals surface area contributed by atoms with Crippen molar-refractivity contribution in [1.29, 1.82) is 0 Å². The second-order valence-electron chi connectivity index (χ2n) is 8.23. The Morgan fingerprint density at radius 1 is 0.406 bits per heavy atom. The lowest BCUT2D eigenvalue weighted by Gasteiger charge is -2.29. The van der Waals surface area contributed by atoms with Crippen molar-refractivity contribution in [2.24, 2.45) is 0 Å². The predicted octanol–water partition coefficient (Wildman–Crippen LogP) is -2.13. The summed E-state index contributed by atoms with van der Waals surface area (Å²) in [5.74, 6) is 0. The fourth-order valence-corrected chi connectivity index (χ4v) is 3.78. The van der Waals surface area contributed by atoms with Crippen molar-refractivity contribution in [3.63, 3.8) is 0 Å². The number of nitrogens with one attached hydrogen (secondary N) is 8. The monoisotopic (exact) mass is 448 g/mol. The molecule has 182 valence electrons. The van der Waals surface area contributed by atoms with E-state index in [1.54, 1.807) is 0 Å². The third-order valence-electron chi connectivity index (χ3n) is 5.64. The van der Waals surface area contributed by atoms with Gasteiger partial charge in [0.25, 0.3) is 0 Å². The Kier molecular flexibility index (Phi) is 12.7. The molecule has 8 N–H and O–H groups in total. The van der Waals surface area contributed by atoms with E-state index in [1.165, 1.54) is 11.4 Å². The van der Waals surface area contributed by atoms with Crippen molar-refractivity contribution in [1.82, 2.24) is 42.5 Å².